The monoisotopic (exact) mass is 738 g/mol. The first-order chi connectivity index (χ1) is 21.0. The van der Waals surface area contributed by atoms with Crippen LogP contribution in [0.5, 0.6) is 0 Å². The third-order valence-corrected chi connectivity index (χ3v) is 7.32. The number of likely N-dealkylation sites (tertiary alicyclic amines) is 2. The molecule has 0 aliphatic carbocycles. The molecule has 262 valence electrons. The van der Waals surface area contributed by atoms with Crippen LogP contribution in [0.2, 0.25) is 0 Å². The normalized spacial score (nSPS) is 15.4. The number of rotatable bonds is 4. The molecule has 2 aliphatic heterocycles. The van der Waals surface area contributed by atoms with E-state index in [9.17, 15) is 23.5 Å². The predicted octanol–water partition coefficient (Wildman–Crippen LogP) is 5.59. The van der Waals surface area contributed by atoms with Gasteiger partial charge in [-0.2, -0.15) is 0 Å². The number of aliphatic hydroxyl groups excluding tert-OH is 1. The SMILES string of the molecule is C.CC(C)(C)OC(=O)N1CCC(O)CC1.CC(C)(C)OC(=O)N1CCC(OCc2ccc(F)cc2)CC1.Fc1ccc(CBr)cc1.[H-].[Na+]. The zero-order valence-corrected chi connectivity index (χ0v) is 31.9. The molecule has 2 fully saturated rings. The summed E-state index contributed by atoms with van der Waals surface area (Å²) in [5.74, 6) is -0.422. The van der Waals surface area contributed by atoms with Gasteiger partial charge in [-0.25, -0.2) is 18.4 Å². The van der Waals surface area contributed by atoms with E-state index in [1.165, 1.54) is 24.3 Å². The molecule has 8 nitrogen and oxygen atoms in total. The van der Waals surface area contributed by atoms with Crippen molar-refractivity contribution in [1.29, 1.82) is 0 Å². The second kappa shape index (κ2) is 22.1. The number of amides is 2. The van der Waals surface area contributed by atoms with Crippen molar-refractivity contribution in [2.75, 3.05) is 26.2 Å². The third kappa shape index (κ3) is 19.7. The van der Waals surface area contributed by atoms with E-state index in [1.54, 1.807) is 34.1 Å². The standard InChI is InChI=1S/C17H24FNO3.C10H19NO3.C7H6BrF.CH4.Na.H/c1-17(2,3)22-16(20)19-10-8-15(9-11-19)21-12-13-4-6-14(18)7-5-13;1-10(2,3)14-9(13)11-6-4-8(12)5-7-11;8-5-6-1-3-7(9)4-2-6;;;/h4-7,15H,8-12H2,1-3H3;8,12H,4-7H2,1-3H3;1-4H,5H2;1H4;;/q;;;;+1;-1. The van der Waals surface area contributed by atoms with E-state index in [0.29, 0.717) is 45.6 Å². The number of hydrogen-bond donors (Lipinski definition) is 1. The summed E-state index contributed by atoms with van der Waals surface area (Å²) in [5, 5.41) is 10.0. The number of ether oxygens (including phenoxy) is 3. The molecule has 1 N–H and O–H groups in total. The van der Waals surface area contributed by atoms with Gasteiger partial charge in [0.05, 0.1) is 18.8 Å². The second-order valence-corrected chi connectivity index (χ2v) is 13.6. The fourth-order valence-electron chi connectivity index (χ4n) is 4.27. The average molecular weight is 740 g/mol. The van der Waals surface area contributed by atoms with Gasteiger partial charge >= 0.3 is 41.7 Å². The van der Waals surface area contributed by atoms with E-state index in [2.05, 4.69) is 15.9 Å². The molecule has 2 aromatic carbocycles. The van der Waals surface area contributed by atoms with Crippen molar-refractivity contribution in [3.05, 3.63) is 71.3 Å². The molecule has 0 bridgehead atoms. The fourth-order valence-corrected chi connectivity index (χ4v) is 4.65. The van der Waals surface area contributed by atoms with Gasteiger partial charge in [0.25, 0.3) is 0 Å². The molecule has 4 rings (SSSR count). The molecular formula is C35H54BrF2N2NaO6. The number of piperidine rings is 2. The second-order valence-electron chi connectivity index (χ2n) is 13.1. The number of carbonyl (C=O) groups is 2. The van der Waals surface area contributed by atoms with Crippen molar-refractivity contribution in [2.45, 2.75) is 110 Å². The van der Waals surface area contributed by atoms with Gasteiger partial charge < -0.3 is 30.5 Å². The molecule has 0 saturated carbocycles. The Bertz CT molecular complexity index is 1170. The number of benzene rings is 2. The minimum Gasteiger partial charge on any atom is -1.00 e. The molecule has 0 atom stereocenters. The maximum absolute atomic E-state index is 12.8. The number of carbonyl (C=O) groups excluding carboxylic acids is 2. The Kier molecular flexibility index (Phi) is 21.2. The van der Waals surface area contributed by atoms with Gasteiger partial charge in [-0.05, 0) is 103 Å². The fraction of sp³-hybridized carbons (Fsp3) is 0.600. The van der Waals surface area contributed by atoms with Gasteiger partial charge in [0.2, 0.25) is 0 Å². The van der Waals surface area contributed by atoms with E-state index in [0.717, 1.165) is 29.3 Å². The van der Waals surface area contributed by atoms with Gasteiger partial charge in [0.1, 0.15) is 22.8 Å². The van der Waals surface area contributed by atoms with Crippen LogP contribution in [-0.4, -0.2) is 76.7 Å². The summed E-state index contributed by atoms with van der Waals surface area (Å²) in [6, 6.07) is 12.7. The van der Waals surface area contributed by atoms with Gasteiger partial charge in [0, 0.05) is 31.5 Å². The first kappa shape index (κ1) is 45.2. The topological polar surface area (TPSA) is 88.5 Å². The molecule has 0 aromatic heterocycles. The van der Waals surface area contributed by atoms with E-state index < -0.39 is 11.2 Å². The van der Waals surface area contributed by atoms with Crippen LogP contribution in [0.1, 0.15) is 87.2 Å². The smallest absolute Gasteiger partial charge is 1.00 e. The van der Waals surface area contributed by atoms with Crippen LogP contribution >= 0.6 is 15.9 Å². The Morgan fingerprint density at radius 1 is 0.766 bits per heavy atom. The third-order valence-electron chi connectivity index (χ3n) is 6.68. The van der Waals surface area contributed by atoms with Crippen molar-refractivity contribution in [2.24, 2.45) is 0 Å². The van der Waals surface area contributed by atoms with Gasteiger partial charge in [-0.3, -0.25) is 0 Å². The minimum absolute atomic E-state index is 0. The number of alkyl halides is 1. The molecule has 2 aromatic rings. The number of hydrogen-bond acceptors (Lipinski definition) is 6. The molecule has 2 aliphatic rings. The molecule has 2 amide bonds. The minimum atomic E-state index is -0.465. The van der Waals surface area contributed by atoms with Crippen LogP contribution in [0.4, 0.5) is 18.4 Å². The van der Waals surface area contributed by atoms with Crippen molar-refractivity contribution in [3.8, 4) is 0 Å². The number of halogens is 3. The van der Waals surface area contributed by atoms with Crippen LogP contribution in [0, 0.1) is 11.6 Å². The van der Waals surface area contributed by atoms with Gasteiger partial charge in [-0.15, -0.1) is 0 Å². The molecule has 12 heteroatoms. The van der Waals surface area contributed by atoms with Crippen molar-refractivity contribution in [3.63, 3.8) is 0 Å². The van der Waals surface area contributed by atoms with Gasteiger partial charge in [-0.1, -0.05) is 47.6 Å². The molecule has 0 radical (unpaired) electrons. The van der Waals surface area contributed by atoms with Crippen LogP contribution in [0.25, 0.3) is 0 Å². The maximum atomic E-state index is 12.8. The van der Waals surface area contributed by atoms with Crippen molar-refractivity contribution in [1.82, 2.24) is 9.80 Å². The van der Waals surface area contributed by atoms with Crippen molar-refractivity contribution >= 4 is 28.1 Å². The van der Waals surface area contributed by atoms with Gasteiger partial charge in [0.15, 0.2) is 0 Å². The summed E-state index contributed by atoms with van der Waals surface area (Å²) in [7, 11) is 0. The maximum Gasteiger partial charge on any atom is 1.00 e. The van der Waals surface area contributed by atoms with E-state index in [-0.39, 0.29) is 74.4 Å². The Hall–Kier alpha value is -1.76. The summed E-state index contributed by atoms with van der Waals surface area (Å²) < 4.78 is 41.5. The molecule has 2 saturated heterocycles. The van der Waals surface area contributed by atoms with Crippen LogP contribution in [0.3, 0.4) is 0 Å². The molecule has 0 unspecified atom stereocenters. The van der Waals surface area contributed by atoms with Crippen LogP contribution in [0.15, 0.2) is 48.5 Å². The zero-order valence-electron chi connectivity index (χ0n) is 29.4. The Morgan fingerprint density at radius 2 is 1.13 bits per heavy atom. The quantitative estimate of drug-likeness (QED) is 0.325. The molecule has 2 heterocycles. The predicted molar refractivity (Wildman–Crippen MR) is 182 cm³/mol. The summed E-state index contributed by atoms with van der Waals surface area (Å²) in [5.41, 5.74) is 1.15. The van der Waals surface area contributed by atoms with Crippen LogP contribution in [-0.2, 0) is 26.1 Å². The first-order valence-electron chi connectivity index (χ1n) is 15.3. The van der Waals surface area contributed by atoms with Crippen LogP contribution < -0.4 is 29.6 Å². The van der Waals surface area contributed by atoms with E-state index in [1.807, 2.05) is 41.5 Å². The largest absolute Gasteiger partial charge is 1.00 e. The average Bonchev–Trinajstić information content (AvgIpc) is 2.97. The Morgan fingerprint density at radius 3 is 1.49 bits per heavy atom. The van der Waals surface area contributed by atoms with Crippen molar-refractivity contribution < 1.29 is 68.7 Å². The number of aliphatic hydroxyl groups is 1. The summed E-state index contributed by atoms with van der Waals surface area (Å²) in [4.78, 5) is 26.9. The summed E-state index contributed by atoms with van der Waals surface area (Å²) >= 11 is 3.26. The number of nitrogens with zero attached hydrogens (tertiary/aromatic N) is 2. The first-order valence-corrected chi connectivity index (χ1v) is 16.5. The summed E-state index contributed by atoms with van der Waals surface area (Å²) in [6.45, 7) is 14.1. The molecule has 0 spiro atoms. The van der Waals surface area contributed by atoms with E-state index in [4.69, 9.17) is 14.2 Å². The Balaban J connectivity index is 0. The molecule has 47 heavy (non-hydrogen) atoms. The molecular weight excluding hydrogens is 685 g/mol. The van der Waals surface area contributed by atoms with E-state index >= 15 is 0 Å². The Labute approximate surface area is 312 Å². The summed E-state index contributed by atoms with van der Waals surface area (Å²) in [6.07, 6.45) is 2.23. The zero-order chi connectivity index (χ0) is 33.6.